The van der Waals surface area contributed by atoms with E-state index in [0.717, 1.165) is 52.4 Å². The molecule has 5 heteroatoms. The number of nitrogens with zero attached hydrogens (tertiary/aromatic N) is 2. The number of carbonyl (C=O) groups is 1. The summed E-state index contributed by atoms with van der Waals surface area (Å²) in [5.74, 6) is 0.624. The fraction of sp³-hybridized carbons (Fsp3) is 0.917. The zero-order valence-electron chi connectivity index (χ0n) is 10.7. The standard InChI is InChI=1S/C12H23N3O2/c1-13-12(16)15-4-2-3-11(10-15)9-14-5-7-17-8-6-14/h11H,2-10H2,1H3,(H,13,16)/t11-/m1/s1. The molecule has 2 rings (SSSR count). The van der Waals surface area contributed by atoms with Gasteiger partial charge in [-0.1, -0.05) is 0 Å². The maximum atomic E-state index is 11.6. The van der Waals surface area contributed by atoms with Gasteiger partial charge in [-0.3, -0.25) is 4.90 Å². The summed E-state index contributed by atoms with van der Waals surface area (Å²) >= 11 is 0. The van der Waals surface area contributed by atoms with Crippen molar-refractivity contribution in [1.29, 1.82) is 0 Å². The van der Waals surface area contributed by atoms with Gasteiger partial charge in [0.25, 0.3) is 0 Å². The lowest BCUT2D eigenvalue weighted by atomic mass is 9.97. The van der Waals surface area contributed by atoms with Crippen LogP contribution in [-0.2, 0) is 4.74 Å². The highest BCUT2D eigenvalue weighted by molar-refractivity contribution is 5.73. The minimum atomic E-state index is 0.0664. The van der Waals surface area contributed by atoms with E-state index in [1.807, 2.05) is 4.90 Å². The largest absolute Gasteiger partial charge is 0.379 e. The third-order valence-corrected chi connectivity index (χ3v) is 3.64. The van der Waals surface area contributed by atoms with Gasteiger partial charge in [0.2, 0.25) is 0 Å². The van der Waals surface area contributed by atoms with E-state index in [1.165, 1.54) is 6.42 Å². The van der Waals surface area contributed by atoms with Crippen LogP contribution in [0.2, 0.25) is 0 Å². The molecule has 0 bridgehead atoms. The maximum absolute atomic E-state index is 11.6. The van der Waals surface area contributed by atoms with Crippen molar-refractivity contribution in [2.75, 3.05) is 53.0 Å². The van der Waals surface area contributed by atoms with Crippen LogP contribution in [-0.4, -0.2) is 68.8 Å². The molecule has 0 aliphatic carbocycles. The average molecular weight is 241 g/mol. The number of nitrogens with one attached hydrogen (secondary N) is 1. The van der Waals surface area contributed by atoms with Crippen molar-refractivity contribution < 1.29 is 9.53 Å². The third-order valence-electron chi connectivity index (χ3n) is 3.64. The molecule has 1 N–H and O–H groups in total. The van der Waals surface area contributed by atoms with Crippen LogP contribution in [0.5, 0.6) is 0 Å². The second-order valence-corrected chi connectivity index (χ2v) is 4.92. The van der Waals surface area contributed by atoms with E-state index in [4.69, 9.17) is 4.74 Å². The Labute approximate surface area is 103 Å². The Morgan fingerprint density at radius 1 is 1.35 bits per heavy atom. The zero-order chi connectivity index (χ0) is 12.1. The molecule has 2 saturated heterocycles. The molecule has 0 spiro atoms. The molecule has 17 heavy (non-hydrogen) atoms. The summed E-state index contributed by atoms with van der Waals surface area (Å²) in [6.45, 7) is 6.69. The van der Waals surface area contributed by atoms with Crippen LogP contribution in [0.4, 0.5) is 4.79 Å². The quantitative estimate of drug-likeness (QED) is 0.760. The summed E-state index contributed by atoms with van der Waals surface area (Å²) in [5.41, 5.74) is 0. The van der Waals surface area contributed by atoms with Gasteiger partial charge in [-0.25, -0.2) is 4.79 Å². The van der Waals surface area contributed by atoms with Gasteiger partial charge in [0.05, 0.1) is 13.2 Å². The first-order valence-electron chi connectivity index (χ1n) is 6.56. The molecule has 2 aliphatic rings. The monoisotopic (exact) mass is 241 g/mol. The molecule has 5 nitrogen and oxygen atoms in total. The van der Waals surface area contributed by atoms with Crippen molar-refractivity contribution in [2.45, 2.75) is 12.8 Å². The van der Waals surface area contributed by atoms with Crippen LogP contribution >= 0.6 is 0 Å². The van der Waals surface area contributed by atoms with E-state index >= 15 is 0 Å². The van der Waals surface area contributed by atoms with Crippen LogP contribution in [0.1, 0.15) is 12.8 Å². The molecule has 0 saturated carbocycles. The highest BCUT2D eigenvalue weighted by atomic mass is 16.5. The molecular formula is C12H23N3O2. The van der Waals surface area contributed by atoms with Crippen LogP contribution in [0, 0.1) is 5.92 Å². The number of urea groups is 1. The van der Waals surface area contributed by atoms with E-state index in [-0.39, 0.29) is 6.03 Å². The highest BCUT2D eigenvalue weighted by Crippen LogP contribution is 2.18. The molecule has 2 heterocycles. The molecule has 0 aromatic carbocycles. The Hall–Kier alpha value is -0.810. The topological polar surface area (TPSA) is 44.8 Å². The average Bonchev–Trinajstić information content (AvgIpc) is 2.39. The predicted octanol–water partition coefficient (Wildman–Crippen LogP) is 0.370. The maximum Gasteiger partial charge on any atom is 0.317 e. The minimum Gasteiger partial charge on any atom is -0.379 e. The lowest BCUT2D eigenvalue weighted by molar-refractivity contribution is 0.0249. The summed E-state index contributed by atoms with van der Waals surface area (Å²) in [6.07, 6.45) is 2.37. The summed E-state index contributed by atoms with van der Waals surface area (Å²) in [4.78, 5) is 16.0. The van der Waals surface area contributed by atoms with E-state index < -0.39 is 0 Å². The van der Waals surface area contributed by atoms with Crippen molar-refractivity contribution in [1.82, 2.24) is 15.1 Å². The van der Waals surface area contributed by atoms with Gasteiger partial charge >= 0.3 is 6.03 Å². The molecule has 2 aliphatic heterocycles. The second kappa shape index (κ2) is 6.21. The van der Waals surface area contributed by atoms with E-state index in [9.17, 15) is 4.79 Å². The minimum absolute atomic E-state index is 0.0664. The van der Waals surface area contributed by atoms with Gasteiger partial charge in [-0.15, -0.1) is 0 Å². The highest BCUT2D eigenvalue weighted by Gasteiger charge is 2.25. The van der Waals surface area contributed by atoms with Gasteiger partial charge < -0.3 is 15.0 Å². The van der Waals surface area contributed by atoms with Gasteiger partial charge in [-0.05, 0) is 18.8 Å². The van der Waals surface area contributed by atoms with Crippen LogP contribution < -0.4 is 5.32 Å². The summed E-state index contributed by atoms with van der Waals surface area (Å²) in [5, 5.41) is 2.71. The van der Waals surface area contributed by atoms with Crippen molar-refractivity contribution in [2.24, 2.45) is 5.92 Å². The number of likely N-dealkylation sites (tertiary alicyclic amines) is 1. The Morgan fingerprint density at radius 3 is 2.82 bits per heavy atom. The Morgan fingerprint density at radius 2 is 2.12 bits per heavy atom. The number of morpholine rings is 1. The fourth-order valence-corrected chi connectivity index (χ4v) is 2.71. The molecule has 0 radical (unpaired) electrons. The SMILES string of the molecule is CNC(=O)N1CCC[C@H](CN2CCOCC2)C1. The number of carbonyl (C=O) groups excluding carboxylic acids is 1. The van der Waals surface area contributed by atoms with Crippen LogP contribution in [0.15, 0.2) is 0 Å². The van der Waals surface area contributed by atoms with Crippen molar-refractivity contribution in [3.8, 4) is 0 Å². The van der Waals surface area contributed by atoms with Gasteiger partial charge in [0, 0.05) is 39.8 Å². The number of rotatable bonds is 2. The summed E-state index contributed by atoms with van der Waals surface area (Å²) < 4.78 is 5.35. The van der Waals surface area contributed by atoms with Crippen molar-refractivity contribution in [3.63, 3.8) is 0 Å². The number of ether oxygens (including phenoxy) is 1. The normalized spacial score (nSPS) is 26.9. The van der Waals surface area contributed by atoms with Gasteiger partial charge in [-0.2, -0.15) is 0 Å². The Kier molecular flexibility index (Phi) is 4.62. The van der Waals surface area contributed by atoms with Crippen LogP contribution in [0.3, 0.4) is 0 Å². The first-order chi connectivity index (χ1) is 8.29. The lowest BCUT2D eigenvalue weighted by Gasteiger charge is -2.36. The van der Waals surface area contributed by atoms with E-state index in [0.29, 0.717) is 5.92 Å². The zero-order valence-corrected chi connectivity index (χ0v) is 10.7. The first-order valence-corrected chi connectivity index (χ1v) is 6.56. The van der Waals surface area contributed by atoms with E-state index in [1.54, 1.807) is 7.05 Å². The van der Waals surface area contributed by atoms with E-state index in [2.05, 4.69) is 10.2 Å². The van der Waals surface area contributed by atoms with Crippen molar-refractivity contribution in [3.05, 3.63) is 0 Å². The molecule has 0 aromatic rings. The molecule has 2 amide bonds. The number of hydrogen-bond donors (Lipinski definition) is 1. The van der Waals surface area contributed by atoms with Crippen LogP contribution in [0.25, 0.3) is 0 Å². The molecule has 2 fully saturated rings. The number of amides is 2. The summed E-state index contributed by atoms with van der Waals surface area (Å²) in [6, 6.07) is 0.0664. The lowest BCUT2D eigenvalue weighted by Crippen LogP contribution is -2.48. The first kappa shape index (κ1) is 12.6. The fourth-order valence-electron chi connectivity index (χ4n) is 2.71. The second-order valence-electron chi connectivity index (χ2n) is 4.92. The predicted molar refractivity (Wildman–Crippen MR) is 66.0 cm³/mol. The number of piperidine rings is 1. The Bertz CT molecular complexity index is 254. The van der Waals surface area contributed by atoms with Gasteiger partial charge in [0.1, 0.15) is 0 Å². The molecule has 1 atom stereocenters. The molecular weight excluding hydrogens is 218 g/mol. The number of hydrogen-bond acceptors (Lipinski definition) is 3. The van der Waals surface area contributed by atoms with Gasteiger partial charge in [0.15, 0.2) is 0 Å². The molecule has 0 aromatic heterocycles. The molecule has 98 valence electrons. The third kappa shape index (κ3) is 3.57. The summed E-state index contributed by atoms with van der Waals surface area (Å²) in [7, 11) is 1.70. The van der Waals surface area contributed by atoms with Crippen molar-refractivity contribution >= 4 is 6.03 Å². The molecule has 0 unspecified atom stereocenters. The Balaban J connectivity index is 1.78. The smallest absolute Gasteiger partial charge is 0.317 e.